The Kier molecular flexibility index (Phi) is 4.31. The summed E-state index contributed by atoms with van der Waals surface area (Å²) in [5.41, 5.74) is 2.21. The second kappa shape index (κ2) is 5.77. The molecule has 2 aromatic rings. The normalized spacial score (nSPS) is 10.8. The predicted molar refractivity (Wildman–Crippen MR) is 77.2 cm³/mol. The second-order valence-corrected chi connectivity index (χ2v) is 5.15. The van der Waals surface area contributed by atoms with Crippen LogP contribution in [0.15, 0.2) is 22.7 Å². The van der Waals surface area contributed by atoms with Gasteiger partial charge in [-0.1, -0.05) is 28.1 Å². The van der Waals surface area contributed by atoms with E-state index < -0.39 is 0 Å². The van der Waals surface area contributed by atoms with Gasteiger partial charge in [-0.15, -0.1) is 0 Å². The molecule has 0 atom stereocenters. The minimum absolute atomic E-state index is 0.605. The number of benzene rings is 1. The van der Waals surface area contributed by atoms with Crippen LogP contribution in [0.25, 0.3) is 11.4 Å². The van der Waals surface area contributed by atoms with Crippen molar-refractivity contribution < 1.29 is 4.74 Å². The van der Waals surface area contributed by atoms with Crippen LogP contribution in [0.2, 0.25) is 0 Å². The Morgan fingerprint density at radius 2 is 2.28 bits per heavy atom. The summed E-state index contributed by atoms with van der Waals surface area (Å²) in [5, 5.41) is 7.15. The molecule has 0 saturated heterocycles. The van der Waals surface area contributed by atoms with Crippen molar-refractivity contribution in [1.29, 1.82) is 0 Å². The van der Waals surface area contributed by atoms with Gasteiger partial charge >= 0.3 is 0 Å². The van der Waals surface area contributed by atoms with Crippen LogP contribution in [-0.2, 0) is 11.3 Å². The van der Waals surface area contributed by atoms with E-state index in [0.29, 0.717) is 17.9 Å². The van der Waals surface area contributed by atoms with E-state index in [1.807, 2.05) is 22.8 Å². The van der Waals surface area contributed by atoms with Crippen LogP contribution in [-0.4, -0.2) is 28.5 Å². The number of rotatable bonds is 4. The monoisotopic (exact) mass is 327 g/mol. The van der Waals surface area contributed by atoms with Crippen molar-refractivity contribution in [3.05, 3.63) is 33.0 Å². The first-order chi connectivity index (χ1) is 8.65. The molecule has 0 spiro atoms. The van der Waals surface area contributed by atoms with E-state index in [-0.39, 0.29) is 0 Å². The molecule has 0 saturated carbocycles. The third kappa shape index (κ3) is 2.55. The Hall–Kier alpha value is -0.980. The molecular formula is C12H14BrN3OS. The molecule has 0 aliphatic carbocycles. The lowest BCUT2D eigenvalue weighted by Gasteiger charge is -2.09. The van der Waals surface area contributed by atoms with Crippen LogP contribution >= 0.6 is 28.1 Å². The molecule has 0 radical (unpaired) electrons. The quantitative estimate of drug-likeness (QED) is 0.876. The number of hydrogen-bond acceptors (Lipinski definition) is 3. The zero-order chi connectivity index (χ0) is 13.1. The SMILES string of the molecule is COCCn1c(-c2cccc(Br)c2C)n[nH]c1=S. The lowest BCUT2D eigenvalue weighted by Crippen LogP contribution is -2.06. The molecule has 0 amide bonds. The molecule has 0 unspecified atom stereocenters. The van der Waals surface area contributed by atoms with Crippen molar-refractivity contribution in [2.45, 2.75) is 13.5 Å². The molecule has 1 aromatic heterocycles. The van der Waals surface area contributed by atoms with Crippen molar-refractivity contribution in [2.24, 2.45) is 0 Å². The second-order valence-electron chi connectivity index (χ2n) is 3.91. The number of H-pyrrole nitrogens is 1. The van der Waals surface area contributed by atoms with Gasteiger partial charge in [-0.05, 0) is 30.8 Å². The highest BCUT2D eigenvalue weighted by atomic mass is 79.9. The molecule has 0 bridgehead atoms. The summed E-state index contributed by atoms with van der Waals surface area (Å²) in [7, 11) is 1.67. The molecule has 6 heteroatoms. The number of nitrogens with one attached hydrogen (secondary N) is 1. The molecule has 1 N–H and O–H groups in total. The van der Waals surface area contributed by atoms with Crippen molar-refractivity contribution in [2.75, 3.05) is 13.7 Å². The Labute approximate surface area is 119 Å². The van der Waals surface area contributed by atoms with Gasteiger partial charge in [0.15, 0.2) is 10.6 Å². The number of aromatic amines is 1. The third-order valence-corrected chi connectivity index (χ3v) is 3.96. The van der Waals surface area contributed by atoms with E-state index in [9.17, 15) is 0 Å². The van der Waals surface area contributed by atoms with E-state index in [1.165, 1.54) is 0 Å². The summed E-state index contributed by atoms with van der Waals surface area (Å²) in [6.07, 6.45) is 0. The number of nitrogens with zero attached hydrogens (tertiary/aromatic N) is 2. The highest BCUT2D eigenvalue weighted by Gasteiger charge is 2.12. The van der Waals surface area contributed by atoms with Gasteiger partial charge in [0.05, 0.1) is 13.2 Å². The Morgan fingerprint density at radius 3 is 3.00 bits per heavy atom. The van der Waals surface area contributed by atoms with Gasteiger partial charge in [-0.3, -0.25) is 9.67 Å². The Bertz CT molecular complexity index is 606. The fourth-order valence-electron chi connectivity index (χ4n) is 1.76. The van der Waals surface area contributed by atoms with Crippen molar-refractivity contribution in [1.82, 2.24) is 14.8 Å². The maximum absolute atomic E-state index is 5.24. The zero-order valence-electron chi connectivity index (χ0n) is 10.2. The van der Waals surface area contributed by atoms with Crippen molar-refractivity contribution in [3.63, 3.8) is 0 Å². The van der Waals surface area contributed by atoms with Crippen molar-refractivity contribution >= 4 is 28.1 Å². The summed E-state index contributed by atoms with van der Waals surface area (Å²) in [5.74, 6) is 0.843. The number of halogens is 1. The molecule has 0 fully saturated rings. The average molecular weight is 328 g/mol. The predicted octanol–water partition coefficient (Wildman–Crippen LogP) is 3.33. The lowest BCUT2D eigenvalue weighted by atomic mass is 10.1. The standard InChI is InChI=1S/C12H14BrN3OS/c1-8-9(4-3-5-10(8)13)11-14-15-12(18)16(11)6-7-17-2/h3-5H,6-7H2,1-2H3,(H,15,18). The Morgan fingerprint density at radius 1 is 1.50 bits per heavy atom. The van der Waals surface area contributed by atoms with Crippen LogP contribution < -0.4 is 0 Å². The minimum Gasteiger partial charge on any atom is -0.383 e. The van der Waals surface area contributed by atoms with Crippen LogP contribution in [0.3, 0.4) is 0 Å². The van der Waals surface area contributed by atoms with E-state index in [2.05, 4.69) is 33.1 Å². The lowest BCUT2D eigenvalue weighted by molar-refractivity contribution is 0.187. The number of ether oxygens (including phenoxy) is 1. The van der Waals surface area contributed by atoms with Gasteiger partial charge in [0.25, 0.3) is 0 Å². The first-order valence-corrected chi connectivity index (χ1v) is 6.75. The van der Waals surface area contributed by atoms with Crippen molar-refractivity contribution in [3.8, 4) is 11.4 Å². The van der Waals surface area contributed by atoms with Crippen LogP contribution in [0.1, 0.15) is 5.56 Å². The topological polar surface area (TPSA) is 42.8 Å². The molecule has 2 rings (SSSR count). The largest absolute Gasteiger partial charge is 0.383 e. The minimum atomic E-state index is 0.605. The maximum atomic E-state index is 5.24. The fraction of sp³-hybridized carbons (Fsp3) is 0.333. The fourth-order valence-corrected chi connectivity index (χ4v) is 2.35. The molecule has 1 aromatic carbocycles. The molecule has 96 valence electrons. The summed E-state index contributed by atoms with van der Waals surface area (Å²) >= 11 is 8.77. The van der Waals surface area contributed by atoms with E-state index in [0.717, 1.165) is 21.4 Å². The van der Waals surface area contributed by atoms with Crippen LogP contribution in [0.5, 0.6) is 0 Å². The van der Waals surface area contributed by atoms with Gasteiger partial charge in [-0.25, -0.2) is 0 Å². The van der Waals surface area contributed by atoms with Crippen LogP contribution in [0.4, 0.5) is 0 Å². The molecule has 4 nitrogen and oxygen atoms in total. The van der Waals surface area contributed by atoms with E-state index in [1.54, 1.807) is 7.11 Å². The molecule has 18 heavy (non-hydrogen) atoms. The molecule has 0 aliphatic heterocycles. The van der Waals surface area contributed by atoms with Gasteiger partial charge in [0.1, 0.15) is 0 Å². The zero-order valence-corrected chi connectivity index (χ0v) is 12.6. The average Bonchev–Trinajstić information content (AvgIpc) is 2.72. The molecular weight excluding hydrogens is 314 g/mol. The Balaban J connectivity index is 2.51. The number of methoxy groups -OCH3 is 1. The number of hydrogen-bond donors (Lipinski definition) is 1. The smallest absolute Gasteiger partial charge is 0.195 e. The summed E-state index contributed by atoms with van der Waals surface area (Å²) in [6.45, 7) is 3.35. The molecule has 0 aliphatic rings. The van der Waals surface area contributed by atoms with E-state index >= 15 is 0 Å². The van der Waals surface area contributed by atoms with Gasteiger partial charge in [0.2, 0.25) is 0 Å². The third-order valence-electron chi connectivity index (χ3n) is 2.79. The first-order valence-electron chi connectivity index (χ1n) is 5.54. The van der Waals surface area contributed by atoms with Crippen LogP contribution in [0, 0.1) is 11.7 Å². The van der Waals surface area contributed by atoms with Gasteiger partial charge in [0, 0.05) is 17.1 Å². The maximum Gasteiger partial charge on any atom is 0.195 e. The summed E-state index contributed by atoms with van der Waals surface area (Å²) < 4.78 is 8.72. The highest BCUT2D eigenvalue weighted by Crippen LogP contribution is 2.27. The summed E-state index contributed by atoms with van der Waals surface area (Å²) in [4.78, 5) is 0. The van der Waals surface area contributed by atoms with Gasteiger partial charge < -0.3 is 4.74 Å². The summed E-state index contributed by atoms with van der Waals surface area (Å²) in [6, 6.07) is 6.04. The van der Waals surface area contributed by atoms with Gasteiger partial charge in [-0.2, -0.15) is 5.10 Å². The first kappa shape index (κ1) is 13.5. The molecule has 1 heterocycles. The number of aromatic nitrogens is 3. The highest BCUT2D eigenvalue weighted by molar-refractivity contribution is 9.10. The van der Waals surface area contributed by atoms with E-state index in [4.69, 9.17) is 17.0 Å².